The molecule has 0 spiro atoms. The van der Waals surface area contributed by atoms with Crippen LogP contribution in [0.15, 0.2) is 54.6 Å². The second-order valence-corrected chi connectivity index (χ2v) is 11.3. The van der Waals surface area contributed by atoms with Gasteiger partial charge >= 0.3 is 0 Å². The van der Waals surface area contributed by atoms with Crippen molar-refractivity contribution >= 4 is 13.3 Å². The van der Waals surface area contributed by atoms with Gasteiger partial charge in [0.05, 0.1) is 8.07 Å². The Labute approximate surface area is 133 Å². The lowest BCUT2D eigenvalue weighted by atomic mass is 10.1. The lowest BCUT2D eigenvalue weighted by Gasteiger charge is -2.24. The minimum Gasteiger partial charge on any atom is -0.103 e. The van der Waals surface area contributed by atoms with Crippen LogP contribution < -0.4 is 5.19 Å². The molecular weight excluding hydrogens is 268 g/mol. The van der Waals surface area contributed by atoms with E-state index in [0.29, 0.717) is 0 Å². The van der Waals surface area contributed by atoms with Crippen molar-refractivity contribution in [2.75, 3.05) is 0 Å². The van der Waals surface area contributed by atoms with Crippen LogP contribution in [0.5, 0.6) is 0 Å². The fourth-order valence-electron chi connectivity index (χ4n) is 2.85. The molecule has 1 aromatic rings. The van der Waals surface area contributed by atoms with E-state index >= 15 is 0 Å². The molecule has 0 saturated heterocycles. The monoisotopic (exact) mass is 300 g/mol. The van der Waals surface area contributed by atoms with E-state index in [1.54, 1.807) is 10.8 Å². The number of hydrogen-bond donors (Lipinski definition) is 0. The molecule has 116 valence electrons. The van der Waals surface area contributed by atoms with Gasteiger partial charge in [-0.3, -0.25) is 0 Å². The van der Waals surface area contributed by atoms with Crippen LogP contribution in [0.25, 0.3) is 0 Å². The lowest BCUT2D eigenvalue weighted by Crippen LogP contribution is -2.41. The summed E-state index contributed by atoms with van der Waals surface area (Å²) in [5.74, 6) is 0. The van der Waals surface area contributed by atoms with E-state index in [-0.39, 0.29) is 0 Å². The van der Waals surface area contributed by atoms with E-state index < -0.39 is 8.07 Å². The summed E-state index contributed by atoms with van der Waals surface area (Å²) < 4.78 is 0. The maximum absolute atomic E-state index is 3.94. The van der Waals surface area contributed by atoms with Gasteiger partial charge in [0.2, 0.25) is 0 Å². The van der Waals surface area contributed by atoms with Crippen LogP contribution in [-0.4, -0.2) is 8.07 Å². The number of hydrogen-bond acceptors (Lipinski definition) is 0. The zero-order valence-corrected chi connectivity index (χ0v) is 15.2. The maximum atomic E-state index is 3.94. The van der Waals surface area contributed by atoms with E-state index in [4.69, 9.17) is 0 Å². The van der Waals surface area contributed by atoms with Crippen LogP contribution in [0, 0.1) is 0 Å². The summed E-state index contributed by atoms with van der Waals surface area (Å²) in [6.07, 6.45) is 12.2. The molecule has 0 heterocycles. The Morgan fingerprint density at radius 3 is 2.43 bits per heavy atom. The number of allylic oxidation sites excluding steroid dienone is 3. The zero-order valence-electron chi connectivity index (χ0n) is 14.2. The Kier molecular flexibility index (Phi) is 8.37. The Morgan fingerprint density at radius 1 is 1.10 bits per heavy atom. The van der Waals surface area contributed by atoms with E-state index in [0.717, 1.165) is 6.42 Å². The first-order valence-electron chi connectivity index (χ1n) is 8.44. The summed E-state index contributed by atoms with van der Waals surface area (Å²) in [6, 6.07) is 12.3. The third-order valence-corrected chi connectivity index (χ3v) is 7.36. The molecule has 0 aliphatic carbocycles. The number of benzene rings is 1. The van der Waals surface area contributed by atoms with Crippen LogP contribution in [0.4, 0.5) is 0 Å². The lowest BCUT2D eigenvalue weighted by molar-refractivity contribution is 0.673. The molecule has 0 unspecified atom stereocenters. The standard InChI is InChI=1S/C20H32Si/c1-5-7-8-9-11-15-19(14-6-2)18-21(3,4)20-16-12-10-13-17-20/h6,10,12-13,15-17H,2,5,7-9,11,14,18H2,1,3-4H3/b19-15-. The van der Waals surface area contributed by atoms with Crippen LogP contribution in [0.3, 0.4) is 0 Å². The summed E-state index contributed by atoms with van der Waals surface area (Å²) in [7, 11) is -1.37. The second kappa shape index (κ2) is 9.78. The van der Waals surface area contributed by atoms with Crippen molar-refractivity contribution in [3.63, 3.8) is 0 Å². The van der Waals surface area contributed by atoms with Crippen molar-refractivity contribution in [1.82, 2.24) is 0 Å². The van der Waals surface area contributed by atoms with E-state index in [2.05, 4.69) is 69.1 Å². The highest BCUT2D eigenvalue weighted by Crippen LogP contribution is 2.21. The van der Waals surface area contributed by atoms with Crippen LogP contribution in [-0.2, 0) is 0 Å². The molecule has 21 heavy (non-hydrogen) atoms. The molecule has 0 radical (unpaired) electrons. The fraction of sp³-hybridized carbons (Fsp3) is 0.500. The van der Waals surface area contributed by atoms with Gasteiger partial charge in [0.1, 0.15) is 0 Å². The van der Waals surface area contributed by atoms with E-state index in [1.807, 2.05) is 0 Å². The molecule has 0 atom stereocenters. The predicted molar refractivity (Wildman–Crippen MR) is 100 cm³/mol. The summed E-state index contributed by atoms with van der Waals surface area (Å²) in [5.41, 5.74) is 1.60. The predicted octanol–water partition coefficient (Wildman–Crippen LogP) is 6.07. The highest BCUT2D eigenvalue weighted by Gasteiger charge is 2.23. The first kappa shape index (κ1) is 18.0. The Bertz CT molecular complexity index is 428. The Hall–Kier alpha value is -1.08. The van der Waals surface area contributed by atoms with Crippen molar-refractivity contribution in [2.45, 2.75) is 64.6 Å². The Morgan fingerprint density at radius 2 is 1.81 bits per heavy atom. The quantitative estimate of drug-likeness (QED) is 0.279. The number of unbranched alkanes of at least 4 members (excludes halogenated alkanes) is 4. The van der Waals surface area contributed by atoms with Gasteiger partial charge in [-0.05, 0) is 25.3 Å². The smallest absolute Gasteiger partial charge is 0.0846 e. The number of rotatable bonds is 10. The molecule has 0 saturated carbocycles. The molecule has 0 nitrogen and oxygen atoms in total. The maximum Gasteiger partial charge on any atom is 0.0846 e. The van der Waals surface area contributed by atoms with Gasteiger partial charge in [0, 0.05) is 0 Å². The van der Waals surface area contributed by atoms with Crippen molar-refractivity contribution in [3.05, 3.63) is 54.6 Å². The average molecular weight is 301 g/mol. The molecule has 0 amide bonds. The first-order chi connectivity index (χ1) is 10.1. The highest BCUT2D eigenvalue weighted by molar-refractivity contribution is 6.90. The van der Waals surface area contributed by atoms with Gasteiger partial charge in [-0.15, -0.1) is 6.58 Å². The fourth-order valence-corrected chi connectivity index (χ4v) is 5.57. The van der Waals surface area contributed by atoms with Gasteiger partial charge < -0.3 is 0 Å². The van der Waals surface area contributed by atoms with Gasteiger partial charge in [-0.2, -0.15) is 0 Å². The topological polar surface area (TPSA) is 0 Å². The van der Waals surface area contributed by atoms with Crippen molar-refractivity contribution in [2.24, 2.45) is 0 Å². The normalized spacial score (nSPS) is 12.4. The van der Waals surface area contributed by atoms with Gasteiger partial charge in [0.15, 0.2) is 0 Å². The molecule has 1 rings (SSSR count). The minimum atomic E-state index is -1.37. The molecule has 1 heteroatoms. The Balaban J connectivity index is 2.64. The molecule has 0 aliphatic heterocycles. The van der Waals surface area contributed by atoms with Gasteiger partial charge in [-0.25, -0.2) is 0 Å². The SMILES string of the molecule is C=CC/C(=C/CCCCCC)C[Si](C)(C)c1ccccc1. The molecule has 0 aliphatic rings. The largest absolute Gasteiger partial charge is 0.103 e. The van der Waals surface area contributed by atoms with Gasteiger partial charge in [0.25, 0.3) is 0 Å². The summed E-state index contributed by atoms with van der Waals surface area (Å²) in [4.78, 5) is 0. The van der Waals surface area contributed by atoms with E-state index in [9.17, 15) is 0 Å². The van der Waals surface area contributed by atoms with Crippen molar-refractivity contribution in [1.29, 1.82) is 0 Å². The van der Waals surface area contributed by atoms with Crippen LogP contribution in [0.2, 0.25) is 19.1 Å². The average Bonchev–Trinajstić information content (AvgIpc) is 2.48. The molecule has 0 bridgehead atoms. The van der Waals surface area contributed by atoms with Crippen LogP contribution >= 0.6 is 0 Å². The molecule has 0 aromatic heterocycles. The summed E-state index contributed by atoms with van der Waals surface area (Å²) in [5, 5.41) is 1.56. The minimum absolute atomic E-state index is 1.05. The summed E-state index contributed by atoms with van der Waals surface area (Å²) in [6.45, 7) is 11.2. The third kappa shape index (κ3) is 6.95. The zero-order chi connectivity index (χ0) is 15.6. The highest BCUT2D eigenvalue weighted by atomic mass is 28.3. The molecule has 1 aromatic carbocycles. The van der Waals surface area contributed by atoms with Crippen LogP contribution in [0.1, 0.15) is 45.4 Å². The molecule has 0 N–H and O–H groups in total. The van der Waals surface area contributed by atoms with E-state index in [1.165, 1.54) is 38.1 Å². The first-order valence-corrected chi connectivity index (χ1v) is 11.6. The molecule has 0 fully saturated rings. The molecular formula is C20H32Si. The van der Waals surface area contributed by atoms with Crippen molar-refractivity contribution in [3.8, 4) is 0 Å². The van der Waals surface area contributed by atoms with Crippen molar-refractivity contribution < 1.29 is 0 Å². The van der Waals surface area contributed by atoms with Gasteiger partial charge in [-0.1, -0.05) is 92.5 Å². The second-order valence-electron chi connectivity index (χ2n) is 6.63. The third-order valence-electron chi connectivity index (χ3n) is 4.12. The summed E-state index contributed by atoms with van der Waals surface area (Å²) >= 11 is 0.